The third kappa shape index (κ3) is 10.4. The fourth-order valence-corrected chi connectivity index (χ4v) is 12.0. The Hall–Kier alpha value is -6.03. The molecule has 5 amide bonds. The molecule has 16 heteroatoms. The van der Waals surface area contributed by atoms with Gasteiger partial charge in [0.2, 0.25) is 17.7 Å². The van der Waals surface area contributed by atoms with Gasteiger partial charge in [0.1, 0.15) is 0 Å². The van der Waals surface area contributed by atoms with Crippen molar-refractivity contribution in [3.05, 3.63) is 93.3 Å². The Bertz CT molecular complexity index is 2580. The second-order valence-electron chi connectivity index (χ2n) is 19.8. The molecule has 2 aromatic carbocycles. The van der Waals surface area contributed by atoms with Crippen LogP contribution in [0.2, 0.25) is 0 Å². The predicted octanol–water partition coefficient (Wildman–Crippen LogP) is 8.24. The van der Waals surface area contributed by atoms with Crippen molar-refractivity contribution >= 4 is 41.0 Å². The van der Waals surface area contributed by atoms with E-state index in [0.717, 1.165) is 101 Å². The van der Waals surface area contributed by atoms with Crippen molar-refractivity contribution in [2.45, 2.75) is 115 Å². The number of halogens is 2. The number of hydrogen-bond donors (Lipinski definition) is 4. The number of unbranched alkanes of at least 4 members (excludes halogenated alkanes) is 4. The predicted molar refractivity (Wildman–Crippen MR) is 259 cm³/mol. The van der Waals surface area contributed by atoms with Crippen LogP contribution in [0.1, 0.15) is 140 Å². The number of carbonyl (C=O) groups is 6. The van der Waals surface area contributed by atoms with Crippen molar-refractivity contribution in [3.8, 4) is 11.1 Å². The summed E-state index contributed by atoms with van der Waals surface area (Å²) in [4.78, 5) is 78.2. The van der Waals surface area contributed by atoms with Crippen molar-refractivity contribution in [2.24, 2.45) is 23.7 Å². The van der Waals surface area contributed by atoms with Crippen LogP contribution in [0.4, 0.5) is 19.3 Å². The number of nitrogens with zero attached hydrogens (tertiary/aromatic N) is 3. The first kappa shape index (κ1) is 49.0. The second-order valence-corrected chi connectivity index (χ2v) is 19.8. The fourth-order valence-electron chi connectivity index (χ4n) is 12.0. The van der Waals surface area contributed by atoms with Crippen molar-refractivity contribution in [3.63, 3.8) is 0 Å². The van der Waals surface area contributed by atoms with E-state index in [1.807, 2.05) is 11.0 Å². The van der Waals surface area contributed by atoms with Crippen LogP contribution in [-0.4, -0.2) is 96.4 Å². The Balaban J connectivity index is 0.749. The van der Waals surface area contributed by atoms with Crippen molar-refractivity contribution in [2.75, 3.05) is 51.8 Å². The number of anilines is 1. The lowest BCUT2D eigenvalue weighted by Gasteiger charge is -2.34. The molecule has 4 atom stereocenters. The van der Waals surface area contributed by atoms with E-state index in [1.54, 1.807) is 48.4 Å². The van der Waals surface area contributed by atoms with Gasteiger partial charge in [-0.2, -0.15) is 5.10 Å². The quantitative estimate of drug-likeness (QED) is 0.0449. The number of benzene rings is 2. The number of imide groups is 1. The standard InChI is InChI=1S/C54H65F2N7O7/c1-57-54(69)62-22-17-36-40(32-18-24-70-25-19-32)27-42(44(36)31-62)35-11-7-6-10-33-26-39(43(52(55)56)28-41(33)35)34-29-60-63(30-34)23-21-59-46(64)14-5-3-2-4-8-20-58-45-13-9-12-37-48(45)51(67)49(50(37)66)38-15-16-47(65)61-53(38)68/h9,12-13,26-30,32,35,38,40,49,52,58H,2-8,10-11,14-25,31H2,1H3,(H,57,69)(H,59,64)(H,61,65,68). The molecule has 4 unspecified atom stereocenters. The summed E-state index contributed by atoms with van der Waals surface area (Å²) in [6.07, 6.45) is 14.5. The molecule has 70 heavy (non-hydrogen) atoms. The van der Waals surface area contributed by atoms with Gasteiger partial charge in [-0.1, -0.05) is 55.5 Å². The molecule has 4 N–H and O–H groups in total. The monoisotopic (exact) mass is 961 g/mol. The molecule has 3 aromatic rings. The molecule has 3 aliphatic carbocycles. The molecule has 0 saturated carbocycles. The van der Waals surface area contributed by atoms with Crippen molar-refractivity contribution in [1.29, 1.82) is 0 Å². The summed E-state index contributed by atoms with van der Waals surface area (Å²) in [5.74, 6) is -3.02. The molecule has 0 spiro atoms. The summed E-state index contributed by atoms with van der Waals surface area (Å²) in [6.45, 7) is 4.02. The molecule has 6 aliphatic rings. The van der Waals surface area contributed by atoms with Crippen molar-refractivity contribution in [1.82, 2.24) is 30.6 Å². The van der Waals surface area contributed by atoms with Gasteiger partial charge in [0.05, 0.1) is 30.1 Å². The van der Waals surface area contributed by atoms with Crippen LogP contribution >= 0.6 is 0 Å². The number of hydrogen-bond acceptors (Lipinski definition) is 9. The van der Waals surface area contributed by atoms with Crippen LogP contribution < -0.4 is 21.3 Å². The number of ether oxygens (including phenoxy) is 1. The highest BCUT2D eigenvalue weighted by molar-refractivity contribution is 6.30. The number of nitrogens with one attached hydrogen (secondary N) is 4. The van der Waals surface area contributed by atoms with Crippen LogP contribution in [0.5, 0.6) is 0 Å². The molecule has 0 radical (unpaired) electrons. The number of alkyl halides is 2. The van der Waals surface area contributed by atoms with Crippen LogP contribution in [0, 0.1) is 23.7 Å². The maximum atomic E-state index is 15.1. The van der Waals surface area contributed by atoms with E-state index in [0.29, 0.717) is 73.0 Å². The van der Waals surface area contributed by atoms with E-state index in [9.17, 15) is 28.8 Å². The van der Waals surface area contributed by atoms with Crippen molar-refractivity contribution < 1.29 is 42.3 Å². The van der Waals surface area contributed by atoms with E-state index in [2.05, 4.69) is 32.4 Å². The summed E-state index contributed by atoms with van der Waals surface area (Å²) in [5, 5.41) is 15.8. The Kier molecular flexibility index (Phi) is 15.4. The minimum absolute atomic E-state index is 0.00515. The summed E-state index contributed by atoms with van der Waals surface area (Å²) in [7, 11) is 1.66. The summed E-state index contributed by atoms with van der Waals surface area (Å²) >= 11 is 0. The lowest BCUT2D eigenvalue weighted by Crippen LogP contribution is -2.46. The van der Waals surface area contributed by atoms with E-state index < -0.39 is 30.1 Å². The molecule has 14 nitrogen and oxygen atoms in total. The Morgan fingerprint density at radius 2 is 1.73 bits per heavy atom. The Morgan fingerprint density at radius 1 is 0.914 bits per heavy atom. The molecule has 0 bridgehead atoms. The number of rotatable bonds is 17. The number of ketones is 2. The van der Waals surface area contributed by atoms with Crippen LogP contribution in [0.25, 0.3) is 11.1 Å². The zero-order chi connectivity index (χ0) is 48.9. The molecular formula is C54H65F2N7O7. The van der Waals surface area contributed by atoms with Gasteiger partial charge in [-0.15, -0.1) is 0 Å². The number of piperidine rings is 1. The summed E-state index contributed by atoms with van der Waals surface area (Å²) in [5.41, 5.74) is 8.21. The lowest BCUT2D eigenvalue weighted by molar-refractivity contribution is -0.137. The van der Waals surface area contributed by atoms with Crippen LogP contribution in [0.15, 0.2) is 65.5 Å². The average molecular weight is 962 g/mol. The zero-order valence-corrected chi connectivity index (χ0v) is 40.1. The van der Waals surface area contributed by atoms with Gasteiger partial charge >= 0.3 is 6.03 Å². The number of urea groups is 1. The normalized spacial score (nSPS) is 22.6. The summed E-state index contributed by atoms with van der Waals surface area (Å²) < 4.78 is 37.7. The van der Waals surface area contributed by atoms with E-state index in [-0.39, 0.29) is 53.7 Å². The number of Topliss-reactive ketones (excluding diaryl/α,β-unsaturated/α-hetero) is 2. The van der Waals surface area contributed by atoms with E-state index >= 15 is 8.78 Å². The van der Waals surface area contributed by atoms with E-state index in [4.69, 9.17) is 4.74 Å². The second kappa shape index (κ2) is 21.9. The third-order valence-electron chi connectivity index (χ3n) is 15.6. The minimum Gasteiger partial charge on any atom is -0.384 e. The largest absolute Gasteiger partial charge is 0.384 e. The molecule has 2 fully saturated rings. The van der Waals surface area contributed by atoms with Gasteiger partial charge in [0, 0.05) is 99.7 Å². The molecule has 3 aliphatic heterocycles. The number of amides is 5. The SMILES string of the molecule is CNC(=O)N1CCC2=C(C1)C(C1CCCCc3cc(-c4cnn(CCNC(=O)CCCCCCCNc5cccc6c5C(=O)C(C5CCC(=O)NC5=O)C6=O)c4)c(C(F)F)cc31)=CC2C1CCOCC1. The first-order valence-corrected chi connectivity index (χ1v) is 25.5. The number of fused-ring (bicyclic) bond motifs is 2. The highest BCUT2D eigenvalue weighted by atomic mass is 19.3. The average Bonchev–Trinajstić information content (AvgIpc) is 4.01. The minimum atomic E-state index is -2.69. The number of allylic oxidation sites excluding steroid dienone is 1. The number of aromatic nitrogens is 2. The van der Waals surface area contributed by atoms with Crippen LogP contribution in [-0.2, 0) is 32.1 Å². The van der Waals surface area contributed by atoms with Gasteiger partial charge in [0.25, 0.3) is 6.43 Å². The van der Waals surface area contributed by atoms with Gasteiger partial charge < -0.3 is 25.6 Å². The molecule has 9 rings (SSSR count). The molecule has 372 valence electrons. The Morgan fingerprint density at radius 3 is 2.53 bits per heavy atom. The van der Waals surface area contributed by atoms with E-state index in [1.165, 1.54) is 16.7 Å². The zero-order valence-electron chi connectivity index (χ0n) is 40.1. The maximum absolute atomic E-state index is 15.1. The van der Waals surface area contributed by atoms with Gasteiger partial charge in [0.15, 0.2) is 11.6 Å². The van der Waals surface area contributed by atoms with Crippen LogP contribution in [0.3, 0.4) is 0 Å². The van der Waals surface area contributed by atoms with Gasteiger partial charge in [-0.3, -0.25) is 34.0 Å². The smallest absolute Gasteiger partial charge is 0.317 e. The molecule has 2 saturated heterocycles. The third-order valence-corrected chi connectivity index (χ3v) is 15.6. The number of carbonyl (C=O) groups excluding carboxylic acids is 6. The first-order chi connectivity index (χ1) is 34.0. The van der Waals surface area contributed by atoms with Gasteiger partial charge in [-0.25, -0.2) is 13.6 Å². The van der Waals surface area contributed by atoms with Gasteiger partial charge in [-0.05, 0) is 104 Å². The lowest BCUT2D eigenvalue weighted by atomic mass is 9.80. The summed E-state index contributed by atoms with van der Waals surface area (Å²) in [6, 6.07) is 8.73. The topological polar surface area (TPSA) is 181 Å². The highest BCUT2D eigenvalue weighted by Crippen LogP contribution is 2.51. The first-order valence-electron chi connectivity index (χ1n) is 25.5. The fraction of sp³-hybridized carbons (Fsp3) is 0.537. The molecule has 1 aromatic heterocycles. The number of aryl methyl sites for hydroxylation is 1. The molecule has 4 heterocycles. The molecular weight excluding hydrogens is 897 g/mol. The highest BCUT2D eigenvalue weighted by Gasteiger charge is 2.48. The maximum Gasteiger partial charge on any atom is 0.317 e. The Labute approximate surface area is 407 Å².